The Balaban J connectivity index is 2.55. The molecule has 1 aromatic heterocycles. The minimum atomic E-state index is -0.0949. The lowest BCUT2D eigenvalue weighted by Gasteiger charge is -2.09. The molecule has 1 rings (SSSR count). The molecule has 0 saturated heterocycles. The number of aliphatic hydroxyl groups excluding tert-OH is 1. The Hall–Kier alpha value is -1.42. The average Bonchev–Trinajstić information content (AvgIpc) is 2.27. The van der Waals surface area contributed by atoms with Gasteiger partial charge in [0.25, 0.3) is 0 Å². The molecule has 88 valence electrons. The summed E-state index contributed by atoms with van der Waals surface area (Å²) in [5.74, 6) is 0.480. The number of hydrogen-bond donors (Lipinski definition) is 2. The van der Waals surface area contributed by atoms with Crippen molar-refractivity contribution in [2.45, 2.75) is 33.3 Å². The molecule has 0 aliphatic rings. The third-order valence-corrected chi connectivity index (χ3v) is 2.30. The quantitative estimate of drug-likeness (QED) is 0.800. The Kier molecular flexibility index (Phi) is 4.92. The van der Waals surface area contributed by atoms with Crippen LogP contribution in [-0.4, -0.2) is 16.0 Å². The molecule has 4 nitrogen and oxygen atoms in total. The predicted molar refractivity (Wildman–Crippen MR) is 62.9 cm³/mol. The molecule has 0 spiro atoms. The van der Waals surface area contributed by atoms with Crippen LogP contribution in [0.15, 0.2) is 18.5 Å². The summed E-state index contributed by atoms with van der Waals surface area (Å²) in [7, 11) is 0. The zero-order chi connectivity index (χ0) is 12.0. The molecule has 1 heterocycles. The number of nitrogens with zero attached hydrogens (tertiary/aromatic N) is 1. The molecule has 0 atom stereocenters. The van der Waals surface area contributed by atoms with E-state index in [9.17, 15) is 4.79 Å². The standard InChI is InChI=1S/C12H18N2O2/c1-9(2)3-4-12(16)14-11-7-13-6-5-10(11)8-15/h5-7,9,15H,3-4,8H2,1-2H3,(H,14,16). The van der Waals surface area contributed by atoms with E-state index in [1.165, 1.54) is 0 Å². The minimum Gasteiger partial charge on any atom is -0.392 e. The van der Waals surface area contributed by atoms with Gasteiger partial charge in [0.05, 0.1) is 18.5 Å². The van der Waals surface area contributed by atoms with Gasteiger partial charge in [-0.3, -0.25) is 9.78 Å². The van der Waals surface area contributed by atoms with E-state index in [1.54, 1.807) is 18.5 Å². The highest BCUT2D eigenvalue weighted by Crippen LogP contribution is 2.14. The van der Waals surface area contributed by atoms with E-state index in [1.807, 2.05) is 0 Å². The summed E-state index contributed by atoms with van der Waals surface area (Å²) < 4.78 is 0. The summed E-state index contributed by atoms with van der Waals surface area (Å²) in [5.41, 5.74) is 1.28. The highest BCUT2D eigenvalue weighted by Gasteiger charge is 2.07. The number of nitrogens with one attached hydrogen (secondary N) is 1. The Morgan fingerprint density at radius 2 is 2.31 bits per heavy atom. The van der Waals surface area contributed by atoms with Gasteiger partial charge in [0.1, 0.15) is 0 Å². The Morgan fingerprint density at radius 1 is 1.56 bits per heavy atom. The first-order valence-corrected chi connectivity index (χ1v) is 5.47. The van der Waals surface area contributed by atoms with E-state index < -0.39 is 0 Å². The SMILES string of the molecule is CC(C)CCC(=O)Nc1cnccc1CO. The van der Waals surface area contributed by atoms with Crippen molar-refractivity contribution in [3.8, 4) is 0 Å². The van der Waals surface area contributed by atoms with Gasteiger partial charge in [-0.25, -0.2) is 0 Å². The van der Waals surface area contributed by atoms with E-state index in [2.05, 4.69) is 24.1 Å². The van der Waals surface area contributed by atoms with Crippen molar-refractivity contribution in [3.05, 3.63) is 24.0 Å². The largest absolute Gasteiger partial charge is 0.392 e. The van der Waals surface area contributed by atoms with Crippen molar-refractivity contribution in [1.29, 1.82) is 0 Å². The van der Waals surface area contributed by atoms with E-state index in [0.717, 1.165) is 6.42 Å². The lowest BCUT2D eigenvalue weighted by atomic mass is 10.1. The summed E-state index contributed by atoms with van der Waals surface area (Å²) >= 11 is 0. The van der Waals surface area contributed by atoms with Gasteiger partial charge in [0, 0.05) is 18.2 Å². The second-order valence-corrected chi connectivity index (χ2v) is 4.17. The first-order valence-electron chi connectivity index (χ1n) is 5.47. The topological polar surface area (TPSA) is 62.2 Å². The Morgan fingerprint density at radius 3 is 2.94 bits per heavy atom. The number of hydrogen-bond acceptors (Lipinski definition) is 3. The fourth-order valence-corrected chi connectivity index (χ4v) is 1.31. The molecule has 1 amide bonds. The maximum absolute atomic E-state index is 11.6. The number of aromatic nitrogens is 1. The van der Waals surface area contributed by atoms with Gasteiger partial charge in [0.15, 0.2) is 0 Å². The smallest absolute Gasteiger partial charge is 0.224 e. The number of amides is 1. The highest BCUT2D eigenvalue weighted by atomic mass is 16.3. The van der Waals surface area contributed by atoms with Crippen LogP contribution in [0.3, 0.4) is 0 Å². The zero-order valence-electron chi connectivity index (χ0n) is 9.73. The van der Waals surface area contributed by atoms with Crippen LogP contribution in [0.2, 0.25) is 0 Å². The van der Waals surface area contributed by atoms with Gasteiger partial charge in [-0.15, -0.1) is 0 Å². The van der Waals surface area contributed by atoms with Gasteiger partial charge < -0.3 is 10.4 Å². The molecular weight excluding hydrogens is 204 g/mol. The molecule has 0 saturated carbocycles. The van der Waals surface area contributed by atoms with Gasteiger partial charge in [-0.05, 0) is 18.4 Å². The first-order chi connectivity index (χ1) is 7.63. The summed E-state index contributed by atoms with van der Waals surface area (Å²) in [6.07, 6.45) is 4.51. The Labute approximate surface area is 95.7 Å². The van der Waals surface area contributed by atoms with Crippen molar-refractivity contribution in [2.75, 3.05) is 5.32 Å². The van der Waals surface area contributed by atoms with Crippen molar-refractivity contribution in [3.63, 3.8) is 0 Å². The van der Waals surface area contributed by atoms with Crippen LogP contribution in [0, 0.1) is 5.92 Å². The molecule has 1 aromatic rings. The van der Waals surface area contributed by atoms with Crippen LogP contribution in [0.25, 0.3) is 0 Å². The third-order valence-electron chi connectivity index (χ3n) is 2.30. The second kappa shape index (κ2) is 6.23. The molecule has 0 aliphatic carbocycles. The van der Waals surface area contributed by atoms with Gasteiger partial charge in [0.2, 0.25) is 5.91 Å². The van der Waals surface area contributed by atoms with E-state index in [0.29, 0.717) is 23.6 Å². The highest BCUT2D eigenvalue weighted by molar-refractivity contribution is 5.91. The van der Waals surface area contributed by atoms with Crippen LogP contribution in [0.1, 0.15) is 32.3 Å². The number of pyridine rings is 1. The molecule has 0 aromatic carbocycles. The summed E-state index contributed by atoms with van der Waals surface area (Å²) in [5, 5.41) is 11.8. The molecule has 0 aliphatic heterocycles. The molecule has 0 radical (unpaired) electrons. The fraction of sp³-hybridized carbons (Fsp3) is 0.500. The monoisotopic (exact) mass is 222 g/mol. The van der Waals surface area contributed by atoms with Crippen LogP contribution in [0.5, 0.6) is 0 Å². The summed E-state index contributed by atoms with van der Waals surface area (Å²) in [6, 6.07) is 1.69. The van der Waals surface area contributed by atoms with Crippen molar-refractivity contribution in [1.82, 2.24) is 4.98 Å². The maximum atomic E-state index is 11.6. The number of anilines is 1. The minimum absolute atomic E-state index is 0.0311. The van der Waals surface area contributed by atoms with E-state index >= 15 is 0 Å². The molecule has 4 heteroatoms. The Bertz CT molecular complexity index is 351. The van der Waals surface area contributed by atoms with Crippen molar-refractivity contribution in [2.24, 2.45) is 5.92 Å². The predicted octanol–water partition coefficient (Wildman–Crippen LogP) is 1.95. The second-order valence-electron chi connectivity index (χ2n) is 4.17. The molecular formula is C12H18N2O2. The van der Waals surface area contributed by atoms with Gasteiger partial charge in [-0.1, -0.05) is 13.8 Å². The molecule has 16 heavy (non-hydrogen) atoms. The van der Waals surface area contributed by atoms with Crippen molar-refractivity contribution >= 4 is 11.6 Å². The lowest BCUT2D eigenvalue weighted by molar-refractivity contribution is -0.116. The third kappa shape index (κ3) is 3.98. The molecule has 0 fully saturated rings. The van der Waals surface area contributed by atoms with Gasteiger partial charge in [-0.2, -0.15) is 0 Å². The molecule has 0 unspecified atom stereocenters. The van der Waals surface area contributed by atoms with E-state index in [4.69, 9.17) is 5.11 Å². The zero-order valence-corrected chi connectivity index (χ0v) is 9.73. The molecule has 2 N–H and O–H groups in total. The molecule has 0 bridgehead atoms. The lowest BCUT2D eigenvalue weighted by Crippen LogP contribution is -2.13. The first kappa shape index (κ1) is 12.6. The summed E-state index contributed by atoms with van der Waals surface area (Å²) in [6.45, 7) is 4.06. The van der Waals surface area contributed by atoms with Crippen LogP contribution in [-0.2, 0) is 11.4 Å². The fourth-order valence-electron chi connectivity index (χ4n) is 1.31. The van der Waals surface area contributed by atoms with Crippen LogP contribution in [0.4, 0.5) is 5.69 Å². The average molecular weight is 222 g/mol. The number of aliphatic hydroxyl groups is 1. The van der Waals surface area contributed by atoms with Gasteiger partial charge >= 0.3 is 0 Å². The van der Waals surface area contributed by atoms with Crippen LogP contribution >= 0.6 is 0 Å². The normalized spacial score (nSPS) is 10.5. The van der Waals surface area contributed by atoms with Crippen LogP contribution < -0.4 is 5.32 Å². The number of carbonyl (C=O) groups excluding carboxylic acids is 1. The number of carbonyl (C=O) groups is 1. The maximum Gasteiger partial charge on any atom is 0.224 e. The number of rotatable bonds is 5. The summed E-state index contributed by atoms with van der Waals surface area (Å²) in [4.78, 5) is 15.5. The van der Waals surface area contributed by atoms with Crippen molar-refractivity contribution < 1.29 is 9.90 Å². The van der Waals surface area contributed by atoms with E-state index in [-0.39, 0.29) is 12.5 Å².